The molecule has 0 aliphatic rings. The van der Waals surface area contributed by atoms with Crippen molar-refractivity contribution in [3.8, 4) is 28.6 Å². The molecule has 0 spiro atoms. The van der Waals surface area contributed by atoms with E-state index in [1.165, 1.54) is 7.11 Å². The summed E-state index contributed by atoms with van der Waals surface area (Å²) in [6, 6.07) is 14.1. The van der Waals surface area contributed by atoms with Crippen LogP contribution in [-0.4, -0.2) is 31.4 Å². The number of carbonyl (C=O) groups is 1. The Hall–Kier alpha value is -3.48. The second-order valence-electron chi connectivity index (χ2n) is 6.29. The van der Waals surface area contributed by atoms with Gasteiger partial charge in [-0.3, -0.25) is 4.79 Å². The van der Waals surface area contributed by atoms with Crippen molar-refractivity contribution in [2.24, 2.45) is 0 Å². The average Bonchev–Trinajstić information content (AvgIpc) is 3.18. The molecule has 1 heterocycles. The van der Waals surface area contributed by atoms with Crippen LogP contribution in [0.4, 0.5) is 5.69 Å². The molecule has 0 aliphatic carbocycles. The lowest BCUT2D eigenvalue weighted by Crippen LogP contribution is -2.13. The van der Waals surface area contributed by atoms with E-state index in [0.717, 1.165) is 11.3 Å². The smallest absolute Gasteiger partial charge is 0.277 e. The minimum atomic E-state index is -0.404. The molecule has 0 radical (unpaired) electrons. The van der Waals surface area contributed by atoms with Crippen LogP contribution in [0, 0.1) is 0 Å². The summed E-state index contributed by atoms with van der Waals surface area (Å²) in [7, 11) is 3.08. The van der Waals surface area contributed by atoms with Crippen molar-refractivity contribution >= 4 is 11.6 Å². The minimum Gasteiger partial charge on any atom is -0.497 e. The van der Waals surface area contributed by atoms with E-state index in [-0.39, 0.29) is 11.8 Å². The van der Waals surface area contributed by atoms with E-state index in [1.54, 1.807) is 31.4 Å². The van der Waals surface area contributed by atoms with Crippen molar-refractivity contribution < 1.29 is 23.5 Å². The van der Waals surface area contributed by atoms with Crippen LogP contribution in [0.1, 0.15) is 24.3 Å². The highest BCUT2D eigenvalue weighted by Crippen LogP contribution is 2.30. The summed E-state index contributed by atoms with van der Waals surface area (Å²) < 4.78 is 21.4. The van der Waals surface area contributed by atoms with Crippen LogP contribution in [0.5, 0.6) is 17.2 Å². The van der Waals surface area contributed by atoms with E-state index in [9.17, 15) is 4.79 Å². The lowest BCUT2D eigenvalue weighted by Gasteiger charge is -2.10. The van der Waals surface area contributed by atoms with E-state index in [4.69, 9.17) is 18.7 Å². The first kappa shape index (κ1) is 19.3. The summed E-state index contributed by atoms with van der Waals surface area (Å²) >= 11 is 0. The molecule has 7 heteroatoms. The number of nitrogens with one attached hydrogen (secondary N) is 1. The van der Waals surface area contributed by atoms with Crippen molar-refractivity contribution in [3.63, 3.8) is 0 Å². The van der Waals surface area contributed by atoms with Gasteiger partial charge in [-0.2, -0.15) is 0 Å². The van der Waals surface area contributed by atoms with Crippen molar-refractivity contribution in [3.05, 3.63) is 54.2 Å². The third-order valence-corrected chi connectivity index (χ3v) is 3.91. The Labute approximate surface area is 163 Å². The molecule has 0 fully saturated rings. The molecular weight excluding hydrogens is 360 g/mol. The Morgan fingerprint density at radius 3 is 2.36 bits per heavy atom. The van der Waals surface area contributed by atoms with Gasteiger partial charge in [-0.15, -0.1) is 0 Å². The first-order chi connectivity index (χ1) is 13.5. The number of hydrogen-bond acceptors (Lipinski definition) is 6. The molecule has 1 amide bonds. The molecule has 1 N–H and O–H groups in total. The predicted molar refractivity (Wildman–Crippen MR) is 105 cm³/mol. The number of aromatic nitrogens is 1. The number of rotatable bonds is 7. The zero-order valence-electron chi connectivity index (χ0n) is 16.2. The van der Waals surface area contributed by atoms with Crippen LogP contribution in [-0.2, 0) is 0 Å². The zero-order valence-corrected chi connectivity index (χ0v) is 16.2. The maximum atomic E-state index is 12.5. The quantitative estimate of drug-likeness (QED) is 0.652. The molecule has 2 aromatic carbocycles. The SMILES string of the molecule is COc1ccc(NC(=O)c2cc(-c3ccc(OC(C)C)cc3)on2)c(OC)c1. The largest absolute Gasteiger partial charge is 0.497 e. The topological polar surface area (TPSA) is 82.8 Å². The predicted octanol–water partition coefficient (Wildman–Crippen LogP) is 4.40. The molecule has 0 aliphatic heterocycles. The molecule has 3 rings (SSSR count). The summed E-state index contributed by atoms with van der Waals surface area (Å²) in [6.07, 6.45) is 0.0985. The number of hydrogen-bond donors (Lipinski definition) is 1. The van der Waals surface area contributed by atoms with Crippen molar-refractivity contribution in [1.82, 2.24) is 5.16 Å². The molecule has 146 valence electrons. The number of benzene rings is 2. The van der Waals surface area contributed by atoms with E-state index >= 15 is 0 Å². The summed E-state index contributed by atoms with van der Waals surface area (Å²) in [5.74, 6) is 1.96. The average molecular weight is 382 g/mol. The number of carbonyl (C=O) groups excluding carboxylic acids is 1. The van der Waals surface area contributed by atoms with Gasteiger partial charge in [-0.05, 0) is 50.2 Å². The summed E-state index contributed by atoms with van der Waals surface area (Å²) in [5.41, 5.74) is 1.47. The van der Waals surface area contributed by atoms with Gasteiger partial charge in [0.1, 0.15) is 17.2 Å². The highest BCUT2D eigenvalue weighted by molar-refractivity contribution is 6.04. The van der Waals surface area contributed by atoms with Gasteiger partial charge in [0.05, 0.1) is 26.0 Å². The molecule has 0 saturated heterocycles. The lowest BCUT2D eigenvalue weighted by atomic mass is 10.1. The van der Waals surface area contributed by atoms with Crippen LogP contribution in [0.15, 0.2) is 53.1 Å². The fourth-order valence-electron chi connectivity index (χ4n) is 2.58. The number of amides is 1. The molecule has 28 heavy (non-hydrogen) atoms. The van der Waals surface area contributed by atoms with Gasteiger partial charge in [0.2, 0.25) is 0 Å². The number of anilines is 1. The van der Waals surface area contributed by atoms with Crippen molar-refractivity contribution in [1.29, 1.82) is 0 Å². The van der Waals surface area contributed by atoms with Gasteiger partial charge in [0.15, 0.2) is 11.5 Å². The van der Waals surface area contributed by atoms with Crippen LogP contribution in [0.25, 0.3) is 11.3 Å². The molecular formula is C21H22N2O5. The van der Waals surface area contributed by atoms with Crippen LogP contribution in [0.3, 0.4) is 0 Å². The van der Waals surface area contributed by atoms with Crippen LogP contribution < -0.4 is 19.5 Å². The number of ether oxygens (including phenoxy) is 3. The van der Waals surface area contributed by atoms with Gasteiger partial charge >= 0.3 is 0 Å². The molecule has 7 nitrogen and oxygen atoms in total. The van der Waals surface area contributed by atoms with Crippen LogP contribution >= 0.6 is 0 Å². The zero-order chi connectivity index (χ0) is 20.1. The maximum absolute atomic E-state index is 12.5. The number of methoxy groups -OCH3 is 2. The molecule has 0 atom stereocenters. The summed E-state index contributed by atoms with van der Waals surface area (Å²) in [5, 5.41) is 6.63. The monoisotopic (exact) mass is 382 g/mol. The highest BCUT2D eigenvalue weighted by Gasteiger charge is 2.16. The Kier molecular flexibility index (Phi) is 5.84. The molecule has 0 saturated carbocycles. The Morgan fingerprint density at radius 2 is 1.71 bits per heavy atom. The summed E-state index contributed by atoms with van der Waals surface area (Å²) in [4.78, 5) is 12.5. The third kappa shape index (κ3) is 4.43. The van der Waals surface area contributed by atoms with E-state index < -0.39 is 5.91 Å². The number of nitrogens with zero attached hydrogens (tertiary/aromatic N) is 1. The molecule has 0 bridgehead atoms. The van der Waals surface area contributed by atoms with Gasteiger partial charge in [-0.25, -0.2) is 0 Å². The van der Waals surface area contributed by atoms with Gasteiger partial charge < -0.3 is 24.1 Å². The minimum absolute atomic E-state index is 0.0985. The lowest BCUT2D eigenvalue weighted by molar-refractivity contribution is 0.101. The second-order valence-corrected chi connectivity index (χ2v) is 6.29. The Morgan fingerprint density at radius 1 is 1.00 bits per heavy atom. The van der Waals surface area contributed by atoms with Crippen molar-refractivity contribution in [2.75, 3.05) is 19.5 Å². The first-order valence-corrected chi connectivity index (χ1v) is 8.77. The molecule has 1 aromatic heterocycles. The molecule has 3 aromatic rings. The van der Waals surface area contributed by atoms with Gasteiger partial charge in [-0.1, -0.05) is 5.16 Å². The highest BCUT2D eigenvalue weighted by atomic mass is 16.5. The van der Waals surface area contributed by atoms with E-state index in [2.05, 4.69) is 10.5 Å². The van der Waals surface area contributed by atoms with Crippen LogP contribution in [0.2, 0.25) is 0 Å². The first-order valence-electron chi connectivity index (χ1n) is 8.77. The van der Waals surface area contributed by atoms with Crippen molar-refractivity contribution in [2.45, 2.75) is 20.0 Å². The Bertz CT molecular complexity index is 948. The maximum Gasteiger partial charge on any atom is 0.277 e. The normalized spacial score (nSPS) is 10.6. The summed E-state index contributed by atoms with van der Waals surface area (Å²) in [6.45, 7) is 3.93. The van der Waals surface area contributed by atoms with E-state index in [1.807, 2.05) is 38.1 Å². The standard InChI is InChI=1S/C21H22N2O5/c1-13(2)27-15-7-5-14(6-8-15)19-12-18(23-28-19)21(24)22-17-10-9-16(25-3)11-20(17)26-4/h5-13H,1-4H3,(H,22,24). The fourth-order valence-corrected chi connectivity index (χ4v) is 2.58. The third-order valence-electron chi connectivity index (χ3n) is 3.91. The Balaban J connectivity index is 1.74. The fraction of sp³-hybridized carbons (Fsp3) is 0.238. The van der Waals surface area contributed by atoms with Gasteiger partial charge in [0, 0.05) is 17.7 Å². The molecule has 0 unspecified atom stereocenters. The van der Waals surface area contributed by atoms with E-state index in [0.29, 0.717) is 22.9 Å². The van der Waals surface area contributed by atoms with Gasteiger partial charge in [0.25, 0.3) is 5.91 Å². The second kappa shape index (κ2) is 8.47.